The Morgan fingerprint density at radius 1 is 1.25 bits per heavy atom. The molecule has 0 fully saturated rings. The van der Waals surface area contributed by atoms with Crippen LogP contribution in [0.4, 0.5) is 0 Å². The van der Waals surface area contributed by atoms with Crippen molar-refractivity contribution in [2.24, 2.45) is 0 Å². The predicted molar refractivity (Wildman–Crippen MR) is 95.3 cm³/mol. The molecule has 3 aromatic rings. The van der Waals surface area contributed by atoms with Crippen molar-refractivity contribution in [3.05, 3.63) is 73.6 Å². The Kier molecular flexibility index (Phi) is 4.08. The predicted octanol–water partition coefficient (Wildman–Crippen LogP) is 2.55. The molecule has 0 atom stereocenters. The highest BCUT2D eigenvalue weighted by Gasteiger charge is 2.23. The quantitative estimate of drug-likeness (QED) is 0.794. The number of benzene rings is 1. The maximum absolute atomic E-state index is 12.6. The van der Waals surface area contributed by atoms with E-state index in [9.17, 15) is 4.79 Å². The van der Waals surface area contributed by atoms with Gasteiger partial charge < -0.3 is 0 Å². The summed E-state index contributed by atoms with van der Waals surface area (Å²) in [5, 5.41) is 6.54. The fraction of sp³-hybridized carbons (Fsp3) is 0.333. The molecule has 3 heterocycles. The monoisotopic (exact) mass is 340 g/mol. The minimum Gasteiger partial charge on any atom is -0.298 e. The zero-order valence-electron chi connectivity index (χ0n) is 13.7. The van der Waals surface area contributed by atoms with Gasteiger partial charge in [-0.2, -0.15) is 0 Å². The smallest absolute Gasteiger partial charge is 0.270 e. The van der Waals surface area contributed by atoms with Gasteiger partial charge in [0.2, 0.25) is 0 Å². The van der Waals surface area contributed by atoms with Crippen LogP contribution in [0.15, 0.2) is 40.5 Å². The molecule has 1 aliphatic heterocycles. The van der Waals surface area contributed by atoms with Crippen LogP contribution < -0.4 is 5.56 Å². The fourth-order valence-corrected chi connectivity index (χ4v) is 3.86. The average molecular weight is 340 g/mol. The standard InChI is InChI=1S/C18H20N4OS/c1-13-19-15(12-24-13)10-21-8-7-16-17(11-21)20-22(18(16)23)9-14-5-3-2-4-6-14/h2-6,12,20H,7-11H2,1H3. The van der Waals surface area contributed by atoms with Crippen LogP contribution in [-0.2, 0) is 26.1 Å². The van der Waals surface area contributed by atoms with Gasteiger partial charge in [-0.3, -0.25) is 14.8 Å². The molecular weight excluding hydrogens is 320 g/mol. The summed E-state index contributed by atoms with van der Waals surface area (Å²) in [6.45, 7) is 5.15. The highest BCUT2D eigenvalue weighted by molar-refractivity contribution is 7.09. The Morgan fingerprint density at radius 2 is 2.08 bits per heavy atom. The second-order valence-electron chi connectivity index (χ2n) is 6.26. The van der Waals surface area contributed by atoms with Gasteiger partial charge in [0.25, 0.3) is 5.56 Å². The fourth-order valence-electron chi connectivity index (χ4n) is 3.26. The molecule has 0 radical (unpaired) electrons. The Labute approximate surface area is 144 Å². The molecule has 124 valence electrons. The molecule has 0 bridgehead atoms. The van der Waals surface area contributed by atoms with Gasteiger partial charge in [-0.05, 0) is 18.9 Å². The Bertz CT molecular complexity index is 893. The number of hydrogen-bond donors (Lipinski definition) is 1. The van der Waals surface area contributed by atoms with Crippen molar-refractivity contribution in [1.82, 2.24) is 19.7 Å². The molecule has 0 spiro atoms. The van der Waals surface area contributed by atoms with E-state index in [1.807, 2.05) is 37.3 Å². The van der Waals surface area contributed by atoms with Crippen LogP contribution in [0, 0.1) is 6.92 Å². The first-order valence-electron chi connectivity index (χ1n) is 8.17. The zero-order valence-corrected chi connectivity index (χ0v) is 14.5. The maximum atomic E-state index is 12.6. The Hall–Kier alpha value is -2.18. The molecule has 1 N–H and O–H groups in total. The second kappa shape index (κ2) is 6.37. The third-order valence-corrected chi connectivity index (χ3v) is 5.26. The number of rotatable bonds is 4. The van der Waals surface area contributed by atoms with Crippen LogP contribution in [0.1, 0.15) is 27.5 Å². The van der Waals surface area contributed by atoms with E-state index in [1.54, 1.807) is 16.0 Å². The lowest BCUT2D eigenvalue weighted by Gasteiger charge is -2.24. The van der Waals surface area contributed by atoms with E-state index >= 15 is 0 Å². The molecule has 2 aromatic heterocycles. The van der Waals surface area contributed by atoms with Crippen molar-refractivity contribution >= 4 is 11.3 Å². The van der Waals surface area contributed by atoms with Gasteiger partial charge in [0.05, 0.1) is 22.9 Å². The van der Waals surface area contributed by atoms with Crippen LogP contribution in [0.2, 0.25) is 0 Å². The lowest BCUT2D eigenvalue weighted by Crippen LogP contribution is -2.31. The van der Waals surface area contributed by atoms with E-state index in [0.29, 0.717) is 6.54 Å². The van der Waals surface area contributed by atoms with E-state index in [0.717, 1.165) is 53.6 Å². The first-order chi connectivity index (χ1) is 11.7. The maximum Gasteiger partial charge on any atom is 0.270 e. The van der Waals surface area contributed by atoms with Crippen molar-refractivity contribution < 1.29 is 0 Å². The first-order valence-corrected chi connectivity index (χ1v) is 9.05. The largest absolute Gasteiger partial charge is 0.298 e. The highest BCUT2D eigenvalue weighted by atomic mass is 32.1. The summed E-state index contributed by atoms with van der Waals surface area (Å²) in [5.41, 5.74) is 4.36. The van der Waals surface area contributed by atoms with Gasteiger partial charge in [-0.1, -0.05) is 30.3 Å². The molecule has 5 nitrogen and oxygen atoms in total. The molecule has 0 amide bonds. The van der Waals surface area contributed by atoms with Crippen LogP contribution >= 0.6 is 11.3 Å². The number of thiazole rings is 1. The molecule has 0 saturated heterocycles. The summed E-state index contributed by atoms with van der Waals surface area (Å²) < 4.78 is 1.73. The van der Waals surface area contributed by atoms with Gasteiger partial charge >= 0.3 is 0 Å². The molecule has 4 rings (SSSR count). The van der Waals surface area contributed by atoms with Gasteiger partial charge in [-0.15, -0.1) is 11.3 Å². The van der Waals surface area contributed by atoms with Gasteiger partial charge in [-0.25, -0.2) is 9.67 Å². The zero-order chi connectivity index (χ0) is 16.5. The van der Waals surface area contributed by atoms with Crippen molar-refractivity contribution in [1.29, 1.82) is 0 Å². The minimum atomic E-state index is 0.123. The van der Waals surface area contributed by atoms with Crippen LogP contribution in [0.25, 0.3) is 0 Å². The van der Waals surface area contributed by atoms with Gasteiger partial charge in [0.15, 0.2) is 0 Å². The normalized spacial score (nSPS) is 14.7. The van der Waals surface area contributed by atoms with E-state index in [1.165, 1.54) is 0 Å². The van der Waals surface area contributed by atoms with Crippen molar-refractivity contribution in [2.75, 3.05) is 6.54 Å². The summed E-state index contributed by atoms with van der Waals surface area (Å²) in [5.74, 6) is 0. The molecule has 24 heavy (non-hydrogen) atoms. The molecule has 0 saturated carbocycles. The average Bonchev–Trinajstić information content (AvgIpc) is 3.12. The Balaban J connectivity index is 1.52. The van der Waals surface area contributed by atoms with Crippen molar-refractivity contribution in [2.45, 2.75) is 33.0 Å². The summed E-state index contributed by atoms with van der Waals surface area (Å²) in [4.78, 5) is 19.5. The van der Waals surface area contributed by atoms with E-state index in [2.05, 4.69) is 20.4 Å². The SMILES string of the molecule is Cc1nc(CN2CCc3c([nH]n(Cc4ccccc4)c3=O)C2)cs1. The van der Waals surface area contributed by atoms with Crippen molar-refractivity contribution in [3.8, 4) is 0 Å². The van der Waals surface area contributed by atoms with Gasteiger partial charge in [0, 0.05) is 30.6 Å². The molecule has 0 unspecified atom stereocenters. The summed E-state index contributed by atoms with van der Waals surface area (Å²) in [6, 6.07) is 10.1. The molecule has 6 heteroatoms. The lowest BCUT2D eigenvalue weighted by atomic mass is 10.1. The molecule has 0 aliphatic carbocycles. The summed E-state index contributed by atoms with van der Waals surface area (Å²) in [7, 11) is 0. The lowest BCUT2D eigenvalue weighted by molar-refractivity contribution is 0.239. The van der Waals surface area contributed by atoms with E-state index in [4.69, 9.17) is 0 Å². The van der Waals surface area contributed by atoms with Crippen LogP contribution in [0.5, 0.6) is 0 Å². The number of nitrogens with one attached hydrogen (secondary N) is 1. The number of aryl methyl sites for hydroxylation is 1. The summed E-state index contributed by atoms with van der Waals surface area (Å²) >= 11 is 1.69. The third kappa shape index (κ3) is 3.07. The van der Waals surface area contributed by atoms with Gasteiger partial charge in [0.1, 0.15) is 0 Å². The number of hydrogen-bond acceptors (Lipinski definition) is 4. The molecule has 1 aliphatic rings. The molecular formula is C18H20N4OS. The van der Waals surface area contributed by atoms with Crippen LogP contribution in [0.3, 0.4) is 0 Å². The third-order valence-electron chi connectivity index (χ3n) is 4.43. The van der Waals surface area contributed by atoms with Crippen LogP contribution in [-0.4, -0.2) is 26.2 Å². The number of nitrogens with zero attached hydrogens (tertiary/aromatic N) is 3. The highest BCUT2D eigenvalue weighted by Crippen LogP contribution is 2.18. The summed E-state index contributed by atoms with van der Waals surface area (Å²) in [6.07, 6.45) is 0.801. The van der Waals surface area contributed by atoms with Crippen molar-refractivity contribution in [3.63, 3.8) is 0 Å². The molecule has 1 aromatic carbocycles. The first kappa shape index (κ1) is 15.4. The number of fused-ring (bicyclic) bond motifs is 1. The number of H-pyrrole nitrogens is 1. The second-order valence-corrected chi connectivity index (χ2v) is 7.33. The topological polar surface area (TPSA) is 53.9 Å². The Morgan fingerprint density at radius 3 is 2.83 bits per heavy atom. The number of aromatic amines is 1. The van der Waals surface area contributed by atoms with E-state index < -0.39 is 0 Å². The van der Waals surface area contributed by atoms with E-state index in [-0.39, 0.29) is 5.56 Å². The number of aromatic nitrogens is 3. The minimum absolute atomic E-state index is 0.123.